The Hall–Kier alpha value is -3.39. The molecule has 0 unspecified atom stereocenters. The zero-order valence-electron chi connectivity index (χ0n) is 15.9. The van der Waals surface area contributed by atoms with Gasteiger partial charge in [0.05, 0.1) is 5.75 Å². The van der Waals surface area contributed by atoms with Crippen LogP contribution in [0.1, 0.15) is 17.3 Å². The molecule has 0 aliphatic rings. The van der Waals surface area contributed by atoms with Gasteiger partial charge in [-0.25, -0.2) is 0 Å². The van der Waals surface area contributed by atoms with E-state index in [9.17, 15) is 9.59 Å². The van der Waals surface area contributed by atoms with Crippen LogP contribution in [-0.4, -0.2) is 32.2 Å². The minimum absolute atomic E-state index is 0.0535. The van der Waals surface area contributed by atoms with E-state index in [1.54, 1.807) is 24.3 Å². The Labute approximate surface area is 171 Å². The van der Waals surface area contributed by atoms with E-state index in [-0.39, 0.29) is 17.4 Å². The summed E-state index contributed by atoms with van der Waals surface area (Å²) in [6.07, 6.45) is 0. The van der Waals surface area contributed by atoms with Crippen molar-refractivity contribution in [3.63, 3.8) is 0 Å². The van der Waals surface area contributed by atoms with Crippen LogP contribution in [0.4, 0.5) is 5.69 Å². The largest absolute Gasteiger partial charge is 0.410 e. The quantitative estimate of drug-likeness (QED) is 0.382. The number of para-hydroxylation sites is 1. The lowest BCUT2D eigenvalue weighted by Crippen LogP contribution is -2.14. The van der Waals surface area contributed by atoms with Crippen molar-refractivity contribution >= 4 is 40.0 Å². The number of rotatable bonds is 6. The SMILES string of the molecule is CC(=O)c1cccc(NC(=O)CSc2nnc(-c3cc4ccccc4n3C)o2)c1. The molecule has 2 heterocycles. The molecule has 0 saturated carbocycles. The van der Waals surface area contributed by atoms with Gasteiger partial charge in [-0.2, -0.15) is 0 Å². The second-order valence-electron chi connectivity index (χ2n) is 6.49. The number of benzene rings is 2. The Kier molecular flexibility index (Phi) is 5.18. The lowest BCUT2D eigenvalue weighted by atomic mass is 10.1. The molecule has 0 bridgehead atoms. The number of nitrogens with zero attached hydrogens (tertiary/aromatic N) is 3. The van der Waals surface area contributed by atoms with Crippen molar-refractivity contribution in [2.24, 2.45) is 7.05 Å². The van der Waals surface area contributed by atoms with Crippen molar-refractivity contribution in [1.29, 1.82) is 0 Å². The van der Waals surface area contributed by atoms with E-state index in [0.29, 0.717) is 22.4 Å². The van der Waals surface area contributed by atoms with E-state index >= 15 is 0 Å². The third kappa shape index (κ3) is 4.07. The fourth-order valence-electron chi connectivity index (χ4n) is 3.01. The maximum absolute atomic E-state index is 12.2. The van der Waals surface area contributed by atoms with Gasteiger partial charge in [-0.15, -0.1) is 10.2 Å². The molecule has 1 N–H and O–H groups in total. The normalized spacial score (nSPS) is 11.0. The van der Waals surface area contributed by atoms with E-state index < -0.39 is 0 Å². The van der Waals surface area contributed by atoms with Crippen LogP contribution in [0.2, 0.25) is 0 Å². The van der Waals surface area contributed by atoms with E-state index in [1.165, 1.54) is 6.92 Å². The van der Waals surface area contributed by atoms with Crippen LogP contribution >= 0.6 is 11.8 Å². The number of anilines is 1. The Morgan fingerprint density at radius 1 is 1.10 bits per heavy atom. The molecule has 4 aromatic rings. The van der Waals surface area contributed by atoms with Gasteiger partial charge in [-0.1, -0.05) is 42.1 Å². The first-order valence-corrected chi connectivity index (χ1v) is 9.92. The smallest absolute Gasteiger partial charge is 0.277 e. The van der Waals surface area contributed by atoms with E-state index in [0.717, 1.165) is 28.4 Å². The average molecular weight is 406 g/mol. The summed E-state index contributed by atoms with van der Waals surface area (Å²) >= 11 is 1.16. The fourth-order valence-corrected chi connectivity index (χ4v) is 3.57. The average Bonchev–Trinajstić information content (AvgIpc) is 3.31. The van der Waals surface area contributed by atoms with Crippen molar-refractivity contribution in [2.45, 2.75) is 12.1 Å². The van der Waals surface area contributed by atoms with Gasteiger partial charge in [0, 0.05) is 29.2 Å². The van der Waals surface area contributed by atoms with Crippen LogP contribution in [0.3, 0.4) is 0 Å². The van der Waals surface area contributed by atoms with Crippen molar-refractivity contribution in [3.8, 4) is 11.6 Å². The molecule has 0 atom stereocenters. The number of aryl methyl sites for hydroxylation is 1. The molecule has 0 spiro atoms. The summed E-state index contributed by atoms with van der Waals surface area (Å²) < 4.78 is 7.72. The second-order valence-corrected chi connectivity index (χ2v) is 7.42. The highest BCUT2D eigenvalue weighted by Gasteiger charge is 2.15. The minimum atomic E-state index is -0.222. The lowest BCUT2D eigenvalue weighted by molar-refractivity contribution is -0.113. The first-order valence-electron chi connectivity index (χ1n) is 8.93. The third-order valence-electron chi connectivity index (χ3n) is 4.46. The predicted molar refractivity (Wildman–Crippen MR) is 112 cm³/mol. The molecule has 7 nitrogen and oxygen atoms in total. The molecule has 29 heavy (non-hydrogen) atoms. The number of carbonyl (C=O) groups is 2. The van der Waals surface area contributed by atoms with Crippen LogP contribution in [0.15, 0.2) is 64.2 Å². The molecular formula is C21H18N4O3S. The number of aromatic nitrogens is 3. The van der Waals surface area contributed by atoms with Gasteiger partial charge < -0.3 is 14.3 Å². The molecule has 0 fully saturated rings. The molecule has 2 aromatic carbocycles. The number of fused-ring (bicyclic) bond motifs is 1. The maximum atomic E-state index is 12.2. The standard InChI is InChI=1S/C21H18N4O3S/c1-13(26)14-7-5-8-16(10-14)22-19(27)12-29-21-24-23-20(28-21)18-11-15-6-3-4-9-17(15)25(18)2/h3-11H,12H2,1-2H3,(H,22,27). The van der Waals surface area contributed by atoms with Crippen LogP contribution in [0.5, 0.6) is 0 Å². The highest BCUT2D eigenvalue weighted by Crippen LogP contribution is 2.28. The Bertz CT molecular complexity index is 1210. The van der Waals surface area contributed by atoms with Crippen LogP contribution < -0.4 is 5.32 Å². The summed E-state index contributed by atoms with van der Waals surface area (Å²) in [5, 5.41) is 12.3. The molecule has 0 aliphatic carbocycles. The van der Waals surface area contributed by atoms with E-state index in [4.69, 9.17) is 4.42 Å². The number of hydrogen-bond donors (Lipinski definition) is 1. The summed E-state index contributed by atoms with van der Waals surface area (Å²) in [7, 11) is 1.94. The minimum Gasteiger partial charge on any atom is -0.410 e. The van der Waals surface area contributed by atoms with Crippen molar-refractivity contribution < 1.29 is 14.0 Å². The highest BCUT2D eigenvalue weighted by molar-refractivity contribution is 7.99. The van der Waals surface area contributed by atoms with Gasteiger partial charge in [0.15, 0.2) is 5.78 Å². The molecule has 0 aliphatic heterocycles. The number of hydrogen-bond acceptors (Lipinski definition) is 6. The first kappa shape index (κ1) is 18.9. The van der Waals surface area contributed by atoms with Crippen molar-refractivity contribution in [2.75, 3.05) is 11.1 Å². The number of nitrogens with one attached hydrogen (secondary N) is 1. The Morgan fingerprint density at radius 3 is 2.72 bits per heavy atom. The number of carbonyl (C=O) groups excluding carboxylic acids is 2. The summed E-state index contributed by atoms with van der Waals surface area (Å²) in [6.45, 7) is 1.49. The van der Waals surface area contributed by atoms with Gasteiger partial charge in [0.25, 0.3) is 11.1 Å². The summed E-state index contributed by atoms with van der Waals surface area (Å²) in [5.41, 5.74) is 3.01. The van der Waals surface area contributed by atoms with Crippen molar-refractivity contribution in [3.05, 3.63) is 60.2 Å². The lowest BCUT2D eigenvalue weighted by Gasteiger charge is -2.05. The number of ketones is 1. The number of thioether (sulfide) groups is 1. The van der Waals surface area contributed by atoms with Gasteiger partial charge in [0.1, 0.15) is 5.69 Å². The molecule has 0 radical (unpaired) electrons. The second kappa shape index (κ2) is 7.92. The molecule has 4 rings (SSSR count). The summed E-state index contributed by atoms with van der Waals surface area (Å²) in [6, 6.07) is 16.8. The maximum Gasteiger partial charge on any atom is 0.277 e. The summed E-state index contributed by atoms with van der Waals surface area (Å²) in [5.74, 6) is 0.240. The first-order chi connectivity index (χ1) is 14.0. The molecule has 8 heteroatoms. The molecule has 2 aromatic heterocycles. The fraction of sp³-hybridized carbons (Fsp3) is 0.143. The van der Waals surface area contributed by atoms with Gasteiger partial charge in [0.2, 0.25) is 5.91 Å². The van der Waals surface area contributed by atoms with Gasteiger partial charge in [-0.3, -0.25) is 9.59 Å². The zero-order chi connectivity index (χ0) is 20.4. The van der Waals surface area contributed by atoms with Crippen LogP contribution in [-0.2, 0) is 11.8 Å². The molecule has 0 saturated heterocycles. The van der Waals surface area contributed by atoms with Crippen LogP contribution in [0, 0.1) is 0 Å². The monoisotopic (exact) mass is 406 g/mol. The predicted octanol–water partition coefficient (Wildman–Crippen LogP) is 4.16. The number of Topliss-reactive ketones (excluding diaryl/α,β-unsaturated/α-hetero) is 1. The topological polar surface area (TPSA) is 90.0 Å². The van der Waals surface area contributed by atoms with Crippen molar-refractivity contribution in [1.82, 2.24) is 14.8 Å². The Morgan fingerprint density at radius 2 is 1.93 bits per heavy atom. The van der Waals surface area contributed by atoms with Crippen LogP contribution in [0.25, 0.3) is 22.5 Å². The molecular weight excluding hydrogens is 388 g/mol. The van der Waals surface area contributed by atoms with Gasteiger partial charge >= 0.3 is 0 Å². The van der Waals surface area contributed by atoms with E-state index in [2.05, 4.69) is 15.5 Å². The number of amides is 1. The summed E-state index contributed by atoms with van der Waals surface area (Å²) in [4.78, 5) is 23.7. The third-order valence-corrected chi connectivity index (χ3v) is 5.28. The van der Waals surface area contributed by atoms with Gasteiger partial charge in [-0.05, 0) is 31.2 Å². The molecule has 1 amide bonds. The van der Waals surface area contributed by atoms with E-state index in [1.807, 2.05) is 41.9 Å². The highest BCUT2D eigenvalue weighted by atomic mass is 32.2. The molecule has 146 valence electrons. The zero-order valence-corrected chi connectivity index (χ0v) is 16.7. The Balaban J connectivity index is 1.41.